The molecule has 0 bridgehead atoms. The summed E-state index contributed by atoms with van der Waals surface area (Å²) in [5.74, 6) is -2.76. The highest BCUT2D eigenvalue weighted by atomic mass is 32.2. The second kappa shape index (κ2) is 9.06. The van der Waals surface area contributed by atoms with Crippen LogP contribution in [0.3, 0.4) is 0 Å². The molecule has 0 radical (unpaired) electrons. The van der Waals surface area contributed by atoms with Crippen molar-refractivity contribution < 1.29 is 36.2 Å². The van der Waals surface area contributed by atoms with Gasteiger partial charge in [0.15, 0.2) is 0 Å². The number of sulfonamides is 1. The molecule has 12 heteroatoms. The van der Waals surface area contributed by atoms with E-state index in [2.05, 4.69) is 16.0 Å². The zero-order valence-electron chi connectivity index (χ0n) is 16.2. The topological polar surface area (TPSA) is 100 Å². The summed E-state index contributed by atoms with van der Waals surface area (Å²) in [6, 6.07) is 3.98. The number of anilines is 1. The van der Waals surface area contributed by atoms with Crippen LogP contribution >= 0.6 is 0 Å². The molecule has 0 spiro atoms. The lowest BCUT2D eigenvalue weighted by Crippen LogP contribution is -2.54. The molecule has 1 aromatic rings. The van der Waals surface area contributed by atoms with Crippen LogP contribution in [0.4, 0.5) is 18.9 Å². The van der Waals surface area contributed by atoms with Gasteiger partial charge in [0.2, 0.25) is 10.0 Å². The molecule has 3 aliphatic rings. The van der Waals surface area contributed by atoms with E-state index in [0.717, 1.165) is 44.5 Å². The van der Waals surface area contributed by atoms with Crippen LogP contribution in [0.25, 0.3) is 0 Å². The second-order valence-corrected chi connectivity index (χ2v) is 9.58. The van der Waals surface area contributed by atoms with Gasteiger partial charge >= 0.3 is 12.1 Å². The van der Waals surface area contributed by atoms with Crippen molar-refractivity contribution in [3.8, 4) is 0 Å². The van der Waals surface area contributed by atoms with Gasteiger partial charge in [-0.2, -0.15) is 17.5 Å². The summed E-state index contributed by atoms with van der Waals surface area (Å²) in [6.45, 7) is 2.74. The molecule has 0 amide bonds. The van der Waals surface area contributed by atoms with Crippen molar-refractivity contribution in [3.05, 3.63) is 24.5 Å². The van der Waals surface area contributed by atoms with Gasteiger partial charge in [0, 0.05) is 25.8 Å². The molecular weight excluding hydrogens is 427 g/mol. The molecule has 0 aromatic carbocycles. The Bertz CT molecular complexity index is 833. The molecule has 1 aliphatic carbocycles. The smallest absolute Gasteiger partial charge is 0.475 e. The number of pyridine rings is 1. The minimum Gasteiger partial charge on any atom is -0.475 e. The van der Waals surface area contributed by atoms with E-state index in [0.29, 0.717) is 13.2 Å². The van der Waals surface area contributed by atoms with E-state index in [1.54, 1.807) is 10.5 Å². The van der Waals surface area contributed by atoms with Crippen LogP contribution < -0.4 is 4.90 Å². The summed E-state index contributed by atoms with van der Waals surface area (Å²) < 4.78 is 64.8. The Morgan fingerprint density at radius 1 is 1.17 bits per heavy atom. The Morgan fingerprint density at radius 2 is 1.83 bits per heavy atom. The van der Waals surface area contributed by atoms with Crippen LogP contribution in [0.1, 0.15) is 25.7 Å². The highest BCUT2D eigenvalue weighted by Crippen LogP contribution is 2.35. The fourth-order valence-corrected chi connectivity index (χ4v) is 5.78. The lowest BCUT2D eigenvalue weighted by Gasteiger charge is -2.39. The minimum atomic E-state index is -5.08. The van der Waals surface area contributed by atoms with Gasteiger partial charge in [-0.25, -0.2) is 13.2 Å². The third-order valence-electron chi connectivity index (χ3n) is 5.35. The Balaban J connectivity index is 0.000000318. The third-order valence-corrected chi connectivity index (χ3v) is 7.77. The number of morpholine rings is 1. The lowest BCUT2D eigenvalue weighted by atomic mass is 10.0. The van der Waals surface area contributed by atoms with Gasteiger partial charge in [-0.15, -0.1) is 0 Å². The van der Waals surface area contributed by atoms with E-state index < -0.39 is 22.2 Å². The second-order valence-electron chi connectivity index (χ2n) is 7.41. The van der Waals surface area contributed by atoms with E-state index in [1.807, 2.05) is 12.3 Å². The number of rotatable bonds is 3. The number of hydrogen-bond donors (Lipinski definition) is 1. The van der Waals surface area contributed by atoms with Gasteiger partial charge in [-0.3, -0.25) is 4.98 Å². The normalized spacial score (nSPS) is 25.5. The number of carbonyl (C=O) groups is 1. The van der Waals surface area contributed by atoms with Crippen molar-refractivity contribution in [1.29, 1.82) is 0 Å². The molecule has 3 fully saturated rings. The highest BCUT2D eigenvalue weighted by molar-refractivity contribution is 7.90. The Labute approximate surface area is 172 Å². The standard InChI is InChI=1S/C16H23N3O3S.C2HF3O2/c20-23(21,14-3-4-14)19-10-11-22-16-6-9-18(8-5-15(16)19)13-2-1-7-17-12-13;3-2(4,5)1(6)7/h1-2,7,12,14-16H,3-6,8-11H2;(H,6,7). The number of aromatic nitrogens is 1. The largest absolute Gasteiger partial charge is 0.490 e. The quantitative estimate of drug-likeness (QED) is 0.749. The first-order valence-electron chi connectivity index (χ1n) is 9.68. The molecule has 2 atom stereocenters. The van der Waals surface area contributed by atoms with E-state index in [9.17, 15) is 21.6 Å². The third kappa shape index (κ3) is 5.41. The van der Waals surface area contributed by atoms with Gasteiger partial charge in [-0.05, 0) is 37.8 Å². The highest BCUT2D eigenvalue weighted by Gasteiger charge is 2.46. The number of hydrogen-bond acceptors (Lipinski definition) is 6. The summed E-state index contributed by atoms with van der Waals surface area (Å²) in [5, 5.41) is 6.99. The van der Waals surface area contributed by atoms with Crippen molar-refractivity contribution in [1.82, 2.24) is 9.29 Å². The predicted octanol–water partition coefficient (Wildman–Crippen LogP) is 1.88. The number of aliphatic carboxylic acids is 1. The van der Waals surface area contributed by atoms with E-state index >= 15 is 0 Å². The Morgan fingerprint density at radius 3 is 2.40 bits per heavy atom. The monoisotopic (exact) mass is 451 g/mol. The molecule has 4 rings (SSSR count). The first kappa shape index (κ1) is 22.8. The van der Waals surface area contributed by atoms with E-state index in [1.165, 1.54) is 0 Å². The molecular formula is C18H24F3N3O5S. The molecule has 1 saturated carbocycles. The van der Waals surface area contributed by atoms with Crippen LogP contribution in [0.2, 0.25) is 0 Å². The zero-order valence-corrected chi connectivity index (χ0v) is 17.0. The molecule has 30 heavy (non-hydrogen) atoms. The molecule has 1 N–H and O–H groups in total. The van der Waals surface area contributed by atoms with Gasteiger partial charge in [-0.1, -0.05) is 0 Å². The van der Waals surface area contributed by atoms with Gasteiger partial charge in [0.1, 0.15) is 0 Å². The molecule has 2 saturated heterocycles. The average Bonchev–Trinajstić information content (AvgIpc) is 3.55. The summed E-state index contributed by atoms with van der Waals surface area (Å²) in [6.07, 6.45) is 1.88. The maximum Gasteiger partial charge on any atom is 0.490 e. The van der Waals surface area contributed by atoms with Crippen molar-refractivity contribution >= 4 is 21.7 Å². The fourth-order valence-electron chi connectivity index (χ4n) is 3.72. The molecule has 8 nitrogen and oxygen atoms in total. The Hall–Kier alpha value is -1.92. The number of ether oxygens (including phenoxy) is 1. The first-order valence-corrected chi connectivity index (χ1v) is 11.2. The van der Waals surface area contributed by atoms with Gasteiger partial charge in [0.05, 0.1) is 35.9 Å². The SMILES string of the molecule is O=C(O)C(F)(F)F.O=S(=O)(C1CC1)N1CCOC2CCN(c3cccnc3)CCC21. The van der Waals surface area contributed by atoms with E-state index in [-0.39, 0.29) is 17.4 Å². The first-order chi connectivity index (χ1) is 14.1. The van der Waals surface area contributed by atoms with Crippen molar-refractivity contribution in [2.45, 2.75) is 49.3 Å². The predicted molar refractivity (Wildman–Crippen MR) is 102 cm³/mol. The number of nitrogens with zero attached hydrogens (tertiary/aromatic N) is 3. The average molecular weight is 451 g/mol. The summed E-state index contributed by atoms with van der Waals surface area (Å²) in [5.41, 5.74) is 1.10. The minimum absolute atomic E-state index is 0.0129. The zero-order chi connectivity index (χ0) is 21.9. The summed E-state index contributed by atoms with van der Waals surface area (Å²) in [7, 11) is -3.14. The fraction of sp³-hybridized carbons (Fsp3) is 0.667. The van der Waals surface area contributed by atoms with Crippen LogP contribution in [0, 0.1) is 0 Å². The van der Waals surface area contributed by atoms with Crippen molar-refractivity contribution in [2.24, 2.45) is 0 Å². The number of alkyl halides is 3. The maximum absolute atomic E-state index is 12.7. The summed E-state index contributed by atoms with van der Waals surface area (Å²) in [4.78, 5) is 15.4. The lowest BCUT2D eigenvalue weighted by molar-refractivity contribution is -0.192. The molecule has 2 aliphatic heterocycles. The number of carboxylic acids is 1. The van der Waals surface area contributed by atoms with Crippen molar-refractivity contribution in [3.63, 3.8) is 0 Å². The number of halogens is 3. The van der Waals surface area contributed by atoms with Crippen LogP contribution in [-0.2, 0) is 19.6 Å². The maximum atomic E-state index is 12.7. The van der Waals surface area contributed by atoms with E-state index in [4.69, 9.17) is 14.6 Å². The molecule has 168 valence electrons. The van der Waals surface area contributed by atoms with Crippen LogP contribution in [0.5, 0.6) is 0 Å². The van der Waals surface area contributed by atoms with Crippen LogP contribution in [0.15, 0.2) is 24.5 Å². The van der Waals surface area contributed by atoms with Crippen molar-refractivity contribution in [2.75, 3.05) is 31.1 Å². The van der Waals surface area contributed by atoms with Gasteiger partial charge < -0.3 is 14.7 Å². The molecule has 1 aromatic heterocycles. The van der Waals surface area contributed by atoms with Crippen LogP contribution in [-0.4, -0.2) is 78.6 Å². The molecule has 3 heterocycles. The molecule has 2 unspecified atom stereocenters. The van der Waals surface area contributed by atoms with Gasteiger partial charge in [0.25, 0.3) is 0 Å². The summed E-state index contributed by atoms with van der Waals surface area (Å²) >= 11 is 0. The number of carboxylic acid groups (broad SMARTS) is 1. The Kier molecular flexibility index (Phi) is 6.88. The number of fused-ring (bicyclic) bond motifs is 1.